The molecule has 6 heteroatoms. The Bertz CT molecular complexity index is 652. The first-order chi connectivity index (χ1) is 10.3. The molecule has 3 rings (SSSR count). The number of rotatable bonds is 4. The molecule has 0 atom stereocenters. The first-order valence-electron chi connectivity index (χ1n) is 7.22. The number of hydrogen-bond donors (Lipinski definition) is 1. The van der Waals surface area contributed by atoms with Crippen molar-refractivity contribution in [2.24, 2.45) is 0 Å². The highest BCUT2D eigenvalue weighted by atomic mass is 16.3. The number of aliphatic hydroxyl groups excluding tert-OH is 1. The predicted octanol–water partition coefficient (Wildman–Crippen LogP) is 0.316. The molecule has 0 aliphatic carbocycles. The molecule has 0 amide bonds. The Hall–Kier alpha value is -1.94. The number of fused-ring (bicyclic) bond motifs is 1. The van der Waals surface area contributed by atoms with Crippen molar-refractivity contribution < 1.29 is 5.11 Å². The highest BCUT2D eigenvalue weighted by molar-refractivity contribution is 5.44. The summed E-state index contributed by atoms with van der Waals surface area (Å²) >= 11 is 0. The summed E-state index contributed by atoms with van der Waals surface area (Å²) in [6.45, 7) is 5.78. The Labute approximate surface area is 123 Å². The van der Waals surface area contributed by atoms with Crippen molar-refractivity contribution in [1.82, 2.24) is 19.2 Å². The number of nitrogens with zero attached hydrogens (tertiary/aromatic N) is 5. The molecule has 1 N–H and O–H groups in total. The fourth-order valence-electron chi connectivity index (χ4n) is 2.76. The van der Waals surface area contributed by atoms with Gasteiger partial charge in [-0.05, 0) is 12.1 Å². The van der Waals surface area contributed by atoms with E-state index in [1.165, 1.54) is 0 Å². The molecule has 2 aromatic heterocycles. The molecule has 0 radical (unpaired) electrons. The van der Waals surface area contributed by atoms with E-state index >= 15 is 0 Å². The third-order valence-corrected chi connectivity index (χ3v) is 3.98. The maximum atomic E-state index is 9.01. The Morgan fingerprint density at radius 3 is 2.67 bits per heavy atom. The van der Waals surface area contributed by atoms with E-state index in [1.807, 2.05) is 22.9 Å². The number of pyridine rings is 1. The monoisotopic (exact) mass is 285 g/mol. The lowest BCUT2D eigenvalue weighted by atomic mass is 10.3. The number of aromatic nitrogens is 2. The topological polar surface area (TPSA) is 67.8 Å². The number of piperazine rings is 1. The van der Waals surface area contributed by atoms with Gasteiger partial charge in [0.25, 0.3) is 0 Å². The lowest BCUT2D eigenvalue weighted by molar-refractivity contribution is 0.107. The lowest BCUT2D eigenvalue weighted by Gasteiger charge is -2.34. The van der Waals surface area contributed by atoms with E-state index in [4.69, 9.17) is 10.4 Å². The van der Waals surface area contributed by atoms with Gasteiger partial charge in [0.2, 0.25) is 0 Å². The first-order valence-corrected chi connectivity index (χ1v) is 7.22. The minimum Gasteiger partial charge on any atom is -0.395 e. The van der Waals surface area contributed by atoms with Crippen molar-refractivity contribution in [3.05, 3.63) is 35.8 Å². The SMILES string of the molecule is N#Cc1ccc2ncc(CN3CCN(CCO)CC3)n2c1. The van der Waals surface area contributed by atoms with Crippen LogP contribution in [0, 0.1) is 11.3 Å². The van der Waals surface area contributed by atoms with Crippen LogP contribution in [0.25, 0.3) is 5.65 Å². The number of nitriles is 1. The molecule has 1 saturated heterocycles. The van der Waals surface area contributed by atoms with E-state index in [9.17, 15) is 0 Å². The highest BCUT2D eigenvalue weighted by Gasteiger charge is 2.17. The van der Waals surface area contributed by atoms with E-state index < -0.39 is 0 Å². The van der Waals surface area contributed by atoms with Crippen LogP contribution in [0.5, 0.6) is 0 Å². The van der Waals surface area contributed by atoms with Crippen molar-refractivity contribution in [3.63, 3.8) is 0 Å². The molecule has 2 aromatic rings. The van der Waals surface area contributed by atoms with Gasteiger partial charge >= 0.3 is 0 Å². The molecular formula is C15H19N5O. The maximum absolute atomic E-state index is 9.01. The first kappa shape index (κ1) is 14.0. The summed E-state index contributed by atoms with van der Waals surface area (Å²) in [5.41, 5.74) is 2.63. The van der Waals surface area contributed by atoms with Gasteiger partial charge in [-0.15, -0.1) is 0 Å². The summed E-state index contributed by atoms with van der Waals surface area (Å²) in [7, 11) is 0. The van der Waals surface area contributed by atoms with Crippen LogP contribution < -0.4 is 0 Å². The molecule has 1 fully saturated rings. The summed E-state index contributed by atoms with van der Waals surface area (Å²) in [4.78, 5) is 9.05. The normalized spacial score (nSPS) is 17.1. The van der Waals surface area contributed by atoms with Gasteiger partial charge in [0, 0.05) is 45.5 Å². The standard InChI is InChI=1S/C15H19N5O/c16-9-13-1-2-15-17-10-14(20(15)11-13)12-19-5-3-18(4-6-19)7-8-21/h1-2,10-11,21H,3-8,12H2. The van der Waals surface area contributed by atoms with E-state index in [2.05, 4.69) is 20.9 Å². The molecule has 21 heavy (non-hydrogen) atoms. The van der Waals surface area contributed by atoms with Gasteiger partial charge in [0.05, 0.1) is 24.1 Å². The highest BCUT2D eigenvalue weighted by Crippen LogP contribution is 2.12. The largest absolute Gasteiger partial charge is 0.395 e. The van der Waals surface area contributed by atoms with E-state index in [1.54, 1.807) is 6.07 Å². The average Bonchev–Trinajstić information content (AvgIpc) is 2.92. The van der Waals surface area contributed by atoms with E-state index in [0.29, 0.717) is 5.56 Å². The Kier molecular flexibility index (Phi) is 4.15. The van der Waals surface area contributed by atoms with Gasteiger partial charge in [0.15, 0.2) is 0 Å². The van der Waals surface area contributed by atoms with Gasteiger partial charge in [-0.3, -0.25) is 9.80 Å². The van der Waals surface area contributed by atoms with Crippen LogP contribution in [-0.4, -0.2) is 63.6 Å². The zero-order valence-electron chi connectivity index (χ0n) is 11.9. The van der Waals surface area contributed by atoms with Gasteiger partial charge in [-0.2, -0.15) is 5.26 Å². The number of hydrogen-bond acceptors (Lipinski definition) is 5. The number of imidazole rings is 1. The van der Waals surface area contributed by atoms with Crippen LogP contribution in [-0.2, 0) is 6.54 Å². The van der Waals surface area contributed by atoms with Crippen molar-refractivity contribution in [2.75, 3.05) is 39.3 Å². The van der Waals surface area contributed by atoms with Crippen LogP contribution >= 0.6 is 0 Å². The van der Waals surface area contributed by atoms with Crippen molar-refractivity contribution in [2.45, 2.75) is 6.54 Å². The smallest absolute Gasteiger partial charge is 0.137 e. The third-order valence-electron chi connectivity index (χ3n) is 3.98. The van der Waals surface area contributed by atoms with Gasteiger partial charge in [-0.25, -0.2) is 4.98 Å². The fraction of sp³-hybridized carbons (Fsp3) is 0.467. The van der Waals surface area contributed by atoms with Crippen LogP contribution in [0.15, 0.2) is 24.5 Å². The summed E-state index contributed by atoms with van der Waals surface area (Å²) in [6, 6.07) is 5.83. The minimum absolute atomic E-state index is 0.226. The third kappa shape index (κ3) is 3.05. The lowest BCUT2D eigenvalue weighted by Crippen LogP contribution is -2.46. The summed E-state index contributed by atoms with van der Waals surface area (Å²) in [5.74, 6) is 0. The van der Waals surface area contributed by atoms with Crippen LogP contribution in [0.2, 0.25) is 0 Å². The fourth-order valence-corrected chi connectivity index (χ4v) is 2.76. The number of aliphatic hydroxyl groups is 1. The molecule has 0 spiro atoms. The van der Waals surface area contributed by atoms with E-state index in [0.717, 1.165) is 50.6 Å². The molecule has 3 heterocycles. The Balaban J connectivity index is 1.70. The second-order valence-electron chi connectivity index (χ2n) is 5.35. The van der Waals surface area contributed by atoms with Crippen molar-refractivity contribution in [1.29, 1.82) is 5.26 Å². The number of β-amino-alcohol motifs (C(OH)–C–C–N with tert-alkyl or cyclic N) is 1. The minimum atomic E-state index is 0.226. The summed E-state index contributed by atoms with van der Waals surface area (Å²) < 4.78 is 2.00. The summed E-state index contributed by atoms with van der Waals surface area (Å²) in [5, 5.41) is 18.0. The van der Waals surface area contributed by atoms with Crippen LogP contribution in [0.3, 0.4) is 0 Å². The molecule has 0 unspecified atom stereocenters. The quantitative estimate of drug-likeness (QED) is 0.876. The maximum Gasteiger partial charge on any atom is 0.137 e. The molecule has 0 saturated carbocycles. The summed E-state index contributed by atoms with van der Waals surface area (Å²) in [6.07, 6.45) is 3.73. The zero-order valence-corrected chi connectivity index (χ0v) is 11.9. The molecule has 6 nitrogen and oxygen atoms in total. The second-order valence-corrected chi connectivity index (χ2v) is 5.35. The van der Waals surface area contributed by atoms with Crippen LogP contribution in [0.4, 0.5) is 0 Å². The zero-order chi connectivity index (χ0) is 14.7. The molecular weight excluding hydrogens is 266 g/mol. The van der Waals surface area contributed by atoms with Crippen molar-refractivity contribution >= 4 is 5.65 Å². The van der Waals surface area contributed by atoms with Gasteiger partial charge in [-0.1, -0.05) is 0 Å². The van der Waals surface area contributed by atoms with Gasteiger partial charge in [0.1, 0.15) is 11.7 Å². The molecule has 0 aromatic carbocycles. The Morgan fingerprint density at radius 2 is 1.95 bits per heavy atom. The molecule has 110 valence electrons. The molecule has 1 aliphatic rings. The van der Waals surface area contributed by atoms with Gasteiger partial charge < -0.3 is 9.51 Å². The van der Waals surface area contributed by atoms with Crippen molar-refractivity contribution in [3.8, 4) is 6.07 Å². The van der Waals surface area contributed by atoms with Crippen LogP contribution in [0.1, 0.15) is 11.3 Å². The molecule has 0 bridgehead atoms. The average molecular weight is 285 g/mol. The second kappa shape index (κ2) is 6.22. The van der Waals surface area contributed by atoms with E-state index in [-0.39, 0.29) is 6.61 Å². The Morgan fingerprint density at radius 1 is 1.19 bits per heavy atom. The predicted molar refractivity (Wildman–Crippen MR) is 78.7 cm³/mol. The molecule has 1 aliphatic heterocycles.